The van der Waals surface area contributed by atoms with Crippen molar-refractivity contribution in [1.29, 1.82) is 0 Å². The molecule has 1 unspecified atom stereocenters. The molecule has 1 saturated heterocycles. The first-order valence-corrected chi connectivity index (χ1v) is 5.32. The zero-order chi connectivity index (χ0) is 10.6. The van der Waals surface area contributed by atoms with E-state index in [-0.39, 0.29) is 11.9 Å². The molecule has 1 amide bonds. The van der Waals surface area contributed by atoms with Gasteiger partial charge in [-0.15, -0.1) is 0 Å². The van der Waals surface area contributed by atoms with Crippen LogP contribution >= 0.6 is 12.2 Å². The van der Waals surface area contributed by atoms with Gasteiger partial charge < -0.3 is 11.1 Å². The summed E-state index contributed by atoms with van der Waals surface area (Å²) in [7, 11) is 0. The highest BCUT2D eigenvalue weighted by atomic mass is 32.1. The number of nitrogens with two attached hydrogens (primary N) is 1. The van der Waals surface area contributed by atoms with Crippen molar-refractivity contribution in [3.05, 3.63) is 0 Å². The molecule has 0 saturated carbocycles. The van der Waals surface area contributed by atoms with Crippen molar-refractivity contribution < 1.29 is 4.79 Å². The van der Waals surface area contributed by atoms with E-state index >= 15 is 0 Å². The predicted molar refractivity (Wildman–Crippen MR) is 60.1 cm³/mol. The molecule has 0 aromatic heterocycles. The second-order valence-corrected chi connectivity index (χ2v) is 4.10. The van der Waals surface area contributed by atoms with Crippen LogP contribution in [0.25, 0.3) is 0 Å². The lowest BCUT2D eigenvalue weighted by atomic mass is 10.2. The van der Waals surface area contributed by atoms with Gasteiger partial charge in [0.1, 0.15) is 0 Å². The van der Waals surface area contributed by atoms with Crippen molar-refractivity contribution in [2.75, 3.05) is 19.6 Å². The molecule has 0 bridgehead atoms. The topological polar surface area (TPSA) is 58.4 Å². The van der Waals surface area contributed by atoms with E-state index in [2.05, 4.69) is 10.2 Å². The number of rotatable bonds is 4. The molecule has 5 heteroatoms. The molecule has 0 radical (unpaired) electrons. The molecule has 1 aliphatic rings. The highest BCUT2D eigenvalue weighted by molar-refractivity contribution is 7.80. The Bertz CT molecular complexity index is 232. The smallest absolute Gasteiger partial charge is 0.237 e. The highest BCUT2D eigenvalue weighted by Crippen LogP contribution is 2.05. The number of hydrogen-bond donors (Lipinski definition) is 2. The number of carbonyl (C=O) groups is 1. The Labute approximate surface area is 89.8 Å². The molecule has 0 aromatic rings. The number of hydrogen-bond acceptors (Lipinski definition) is 3. The van der Waals surface area contributed by atoms with Gasteiger partial charge in [0, 0.05) is 13.1 Å². The van der Waals surface area contributed by atoms with Gasteiger partial charge in [0.15, 0.2) is 0 Å². The van der Waals surface area contributed by atoms with Crippen LogP contribution in [0.3, 0.4) is 0 Å². The van der Waals surface area contributed by atoms with Crippen molar-refractivity contribution in [1.82, 2.24) is 10.2 Å². The van der Waals surface area contributed by atoms with Crippen LogP contribution in [0.2, 0.25) is 0 Å². The molecule has 3 N–H and O–H groups in total. The number of nitrogens with one attached hydrogen (secondary N) is 1. The minimum absolute atomic E-state index is 0.0184. The summed E-state index contributed by atoms with van der Waals surface area (Å²) in [5.74, 6) is 0.117. The first-order valence-electron chi connectivity index (χ1n) is 4.91. The standard InChI is InChI=1S/C9H17N3OS/c1-7-9(13)11-4-6-12(7)5-2-3-8(10)14/h7H,2-6H2,1H3,(H2,10,14)(H,11,13). The van der Waals surface area contributed by atoms with E-state index in [4.69, 9.17) is 18.0 Å². The molecule has 14 heavy (non-hydrogen) atoms. The lowest BCUT2D eigenvalue weighted by Gasteiger charge is -2.32. The predicted octanol–water partition coefficient (Wildman–Crippen LogP) is -0.127. The summed E-state index contributed by atoms with van der Waals surface area (Å²) in [4.78, 5) is 14.0. The third kappa shape index (κ3) is 3.23. The summed E-state index contributed by atoms with van der Waals surface area (Å²) in [6, 6.07) is -0.0184. The maximum absolute atomic E-state index is 11.3. The van der Waals surface area contributed by atoms with Gasteiger partial charge in [0.25, 0.3) is 0 Å². The zero-order valence-electron chi connectivity index (χ0n) is 8.45. The summed E-state index contributed by atoms with van der Waals surface area (Å²) in [5, 5.41) is 2.83. The van der Waals surface area contributed by atoms with Gasteiger partial charge in [0.2, 0.25) is 5.91 Å². The molecule has 80 valence electrons. The maximum Gasteiger partial charge on any atom is 0.237 e. The number of piperazine rings is 1. The van der Waals surface area contributed by atoms with Gasteiger partial charge >= 0.3 is 0 Å². The summed E-state index contributed by atoms with van der Waals surface area (Å²) >= 11 is 4.79. The van der Waals surface area contributed by atoms with Crippen LogP contribution < -0.4 is 11.1 Å². The fourth-order valence-corrected chi connectivity index (χ4v) is 1.74. The van der Waals surface area contributed by atoms with Gasteiger partial charge in [-0.2, -0.15) is 0 Å². The molecule has 4 nitrogen and oxygen atoms in total. The quantitative estimate of drug-likeness (QED) is 0.642. The van der Waals surface area contributed by atoms with Crippen molar-refractivity contribution in [2.45, 2.75) is 25.8 Å². The van der Waals surface area contributed by atoms with Crippen LogP contribution in [0.1, 0.15) is 19.8 Å². The van der Waals surface area contributed by atoms with E-state index in [0.717, 1.165) is 32.5 Å². The third-order valence-corrected chi connectivity index (χ3v) is 2.70. The van der Waals surface area contributed by atoms with Crippen LogP contribution in [-0.4, -0.2) is 41.5 Å². The minimum atomic E-state index is -0.0184. The highest BCUT2D eigenvalue weighted by Gasteiger charge is 2.24. The summed E-state index contributed by atoms with van der Waals surface area (Å²) in [6.45, 7) is 4.49. The van der Waals surface area contributed by atoms with E-state index in [1.807, 2.05) is 6.92 Å². The zero-order valence-corrected chi connectivity index (χ0v) is 9.27. The first kappa shape index (κ1) is 11.4. The summed E-state index contributed by atoms with van der Waals surface area (Å²) in [5.41, 5.74) is 5.40. The molecule has 1 aliphatic heterocycles. The van der Waals surface area contributed by atoms with Crippen LogP contribution in [0, 0.1) is 0 Å². The third-order valence-electron chi connectivity index (χ3n) is 2.49. The van der Waals surface area contributed by atoms with Gasteiger partial charge in [-0.05, 0) is 26.3 Å². The molecule has 1 heterocycles. The number of carbonyl (C=O) groups excluding carboxylic acids is 1. The minimum Gasteiger partial charge on any atom is -0.393 e. The van der Waals surface area contributed by atoms with Gasteiger partial charge in [0.05, 0.1) is 11.0 Å². The van der Waals surface area contributed by atoms with E-state index in [1.54, 1.807) is 0 Å². The van der Waals surface area contributed by atoms with Crippen molar-refractivity contribution in [3.8, 4) is 0 Å². The average Bonchev–Trinajstić information content (AvgIpc) is 2.12. The lowest BCUT2D eigenvalue weighted by molar-refractivity contribution is -0.128. The molecule has 0 aromatic carbocycles. The fourth-order valence-electron chi connectivity index (χ4n) is 1.59. The Hall–Kier alpha value is -0.680. The molecule has 0 spiro atoms. The fraction of sp³-hybridized carbons (Fsp3) is 0.778. The number of thiocarbonyl (C=S) groups is 1. The Morgan fingerprint density at radius 3 is 3.14 bits per heavy atom. The van der Waals surface area contributed by atoms with Gasteiger partial charge in [-0.1, -0.05) is 12.2 Å². The molecule has 1 rings (SSSR count). The molecule has 1 atom stereocenters. The SMILES string of the molecule is CC1C(=O)NCCN1CCCC(N)=S. The Kier molecular flexibility index (Phi) is 4.28. The van der Waals surface area contributed by atoms with Crippen molar-refractivity contribution in [2.24, 2.45) is 5.73 Å². The summed E-state index contributed by atoms with van der Waals surface area (Å²) < 4.78 is 0. The summed E-state index contributed by atoms with van der Waals surface area (Å²) in [6.07, 6.45) is 1.70. The molecular formula is C9H17N3OS. The van der Waals surface area contributed by atoms with Crippen molar-refractivity contribution >= 4 is 23.1 Å². The Morgan fingerprint density at radius 2 is 2.50 bits per heavy atom. The van der Waals surface area contributed by atoms with E-state index in [9.17, 15) is 4.79 Å². The monoisotopic (exact) mass is 215 g/mol. The van der Waals surface area contributed by atoms with E-state index in [1.165, 1.54) is 0 Å². The Morgan fingerprint density at radius 1 is 1.79 bits per heavy atom. The van der Waals surface area contributed by atoms with E-state index in [0.29, 0.717) is 4.99 Å². The second kappa shape index (κ2) is 5.26. The van der Waals surface area contributed by atoms with Crippen molar-refractivity contribution in [3.63, 3.8) is 0 Å². The normalized spacial score (nSPS) is 23.2. The van der Waals surface area contributed by atoms with Crippen LogP contribution in [0.15, 0.2) is 0 Å². The van der Waals surface area contributed by atoms with Gasteiger partial charge in [-0.3, -0.25) is 9.69 Å². The van der Waals surface area contributed by atoms with Gasteiger partial charge in [-0.25, -0.2) is 0 Å². The largest absolute Gasteiger partial charge is 0.393 e. The maximum atomic E-state index is 11.3. The molecule has 0 aliphatic carbocycles. The molecular weight excluding hydrogens is 198 g/mol. The van der Waals surface area contributed by atoms with E-state index < -0.39 is 0 Å². The molecule has 1 fully saturated rings. The first-order chi connectivity index (χ1) is 6.61. The average molecular weight is 215 g/mol. The Balaban J connectivity index is 2.29. The van der Waals surface area contributed by atoms with Crippen LogP contribution in [0.4, 0.5) is 0 Å². The lowest BCUT2D eigenvalue weighted by Crippen LogP contribution is -2.53. The number of nitrogens with zero attached hydrogens (tertiary/aromatic N) is 1. The number of amides is 1. The van der Waals surface area contributed by atoms with Crippen LogP contribution in [0.5, 0.6) is 0 Å². The second-order valence-electron chi connectivity index (χ2n) is 3.57. The van der Waals surface area contributed by atoms with Crippen LogP contribution in [-0.2, 0) is 4.79 Å².